The number of aromatic nitrogens is 2. The number of hydrogen-bond donors (Lipinski definition) is 0. The van der Waals surface area contributed by atoms with E-state index in [9.17, 15) is 13.2 Å². The maximum Gasteiger partial charge on any atom is 0.433 e. The third-order valence-electron chi connectivity index (χ3n) is 4.66. The summed E-state index contributed by atoms with van der Waals surface area (Å²) >= 11 is 0. The zero-order valence-electron chi connectivity index (χ0n) is 13.1. The fraction of sp³-hybridized carbons (Fsp3) is 0.412. The molecule has 0 radical (unpaired) electrons. The number of rotatable bonds is 3. The highest BCUT2D eigenvalue weighted by atomic mass is 19.4. The summed E-state index contributed by atoms with van der Waals surface area (Å²) in [5.41, 5.74) is 7.91. The molecule has 128 valence electrons. The van der Waals surface area contributed by atoms with Crippen LogP contribution in [0.15, 0.2) is 42.6 Å². The maximum atomic E-state index is 12.8. The second kappa shape index (κ2) is 6.39. The standard InChI is InChI=1S/C17H18F3N4/c18-17(19,20)14-6-9-22-15(23-14)24-10-7-16(12-21,8-11-24)13-4-2-1-3-5-13/h1-6,9,21H,7-8,10-12H2/q-1. The number of nitrogens with zero attached hydrogens (tertiary/aromatic N) is 3. The van der Waals surface area contributed by atoms with E-state index in [1.807, 2.05) is 30.3 Å². The Bertz CT molecular complexity index is 680. The number of anilines is 1. The largest absolute Gasteiger partial charge is 0.677 e. The zero-order chi connectivity index (χ0) is 17.2. The monoisotopic (exact) mass is 335 g/mol. The van der Waals surface area contributed by atoms with E-state index >= 15 is 0 Å². The van der Waals surface area contributed by atoms with Crippen molar-refractivity contribution in [3.63, 3.8) is 0 Å². The lowest BCUT2D eigenvalue weighted by Crippen LogP contribution is -2.44. The Morgan fingerprint density at radius 1 is 1.08 bits per heavy atom. The molecule has 0 atom stereocenters. The summed E-state index contributed by atoms with van der Waals surface area (Å²) in [5, 5.41) is 0. The van der Waals surface area contributed by atoms with Crippen LogP contribution in [-0.2, 0) is 11.6 Å². The van der Waals surface area contributed by atoms with Crippen molar-refractivity contribution >= 4 is 5.95 Å². The normalized spacial score (nSPS) is 17.8. The highest BCUT2D eigenvalue weighted by Crippen LogP contribution is 2.37. The van der Waals surface area contributed by atoms with Gasteiger partial charge in [-0.1, -0.05) is 30.3 Å². The predicted molar refractivity (Wildman–Crippen MR) is 85.8 cm³/mol. The Kier molecular flexibility index (Phi) is 4.45. The molecule has 0 bridgehead atoms. The smallest absolute Gasteiger partial charge is 0.433 e. The average Bonchev–Trinajstić information content (AvgIpc) is 2.62. The Morgan fingerprint density at radius 2 is 1.75 bits per heavy atom. The van der Waals surface area contributed by atoms with Gasteiger partial charge in [0.1, 0.15) is 5.69 Å². The van der Waals surface area contributed by atoms with Gasteiger partial charge in [-0.25, -0.2) is 9.97 Å². The summed E-state index contributed by atoms with van der Waals surface area (Å²) in [6.07, 6.45) is -1.93. The Balaban J connectivity index is 1.78. The first-order valence-corrected chi connectivity index (χ1v) is 7.80. The topological polar surface area (TPSA) is 52.8 Å². The molecule has 1 aromatic carbocycles. The van der Waals surface area contributed by atoms with Gasteiger partial charge in [0, 0.05) is 19.3 Å². The van der Waals surface area contributed by atoms with Gasteiger partial charge < -0.3 is 10.6 Å². The van der Waals surface area contributed by atoms with Crippen molar-refractivity contribution in [3.8, 4) is 0 Å². The molecular weight excluding hydrogens is 317 g/mol. The molecule has 1 aliphatic rings. The van der Waals surface area contributed by atoms with Crippen molar-refractivity contribution in [1.82, 2.24) is 9.97 Å². The van der Waals surface area contributed by atoms with E-state index in [2.05, 4.69) is 9.97 Å². The molecule has 0 aliphatic carbocycles. The SMILES string of the molecule is [NH-]CC1(c2ccccc2)CCN(c2nccc(C(F)(F)F)n2)CC1. The minimum Gasteiger partial charge on any atom is -0.677 e. The number of hydrogen-bond acceptors (Lipinski definition) is 3. The lowest BCUT2D eigenvalue weighted by atomic mass is 9.73. The van der Waals surface area contributed by atoms with E-state index in [1.54, 1.807) is 4.90 Å². The molecule has 0 spiro atoms. The molecule has 7 heteroatoms. The van der Waals surface area contributed by atoms with Crippen LogP contribution in [0.25, 0.3) is 5.73 Å². The second-order valence-electron chi connectivity index (χ2n) is 6.05. The van der Waals surface area contributed by atoms with Crippen LogP contribution in [-0.4, -0.2) is 29.6 Å². The molecule has 3 rings (SSSR count). The number of piperidine rings is 1. The second-order valence-corrected chi connectivity index (χ2v) is 6.05. The van der Waals surface area contributed by atoms with Crippen molar-refractivity contribution in [2.45, 2.75) is 24.4 Å². The van der Waals surface area contributed by atoms with Crippen LogP contribution < -0.4 is 4.90 Å². The van der Waals surface area contributed by atoms with E-state index in [0.29, 0.717) is 25.9 Å². The fourth-order valence-electron chi connectivity index (χ4n) is 3.15. The predicted octanol–water partition coefficient (Wildman–Crippen LogP) is 4.09. The molecule has 4 nitrogen and oxygen atoms in total. The van der Waals surface area contributed by atoms with Crippen molar-refractivity contribution in [2.24, 2.45) is 0 Å². The third kappa shape index (κ3) is 3.21. The summed E-state index contributed by atoms with van der Waals surface area (Å²) in [5.74, 6) is 0.108. The van der Waals surface area contributed by atoms with Gasteiger partial charge in [0.15, 0.2) is 0 Å². The third-order valence-corrected chi connectivity index (χ3v) is 4.66. The van der Waals surface area contributed by atoms with Crippen LogP contribution in [0, 0.1) is 0 Å². The van der Waals surface area contributed by atoms with Crippen LogP contribution in [0.3, 0.4) is 0 Å². The number of halogens is 3. The summed E-state index contributed by atoms with van der Waals surface area (Å²) in [6.45, 7) is 1.33. The summed E-state index contributed by atoms with van der Waals surface area (Å²) in [6, 6.07) is 10.8. The quantitative estimate of drug-likeness (QED) is 0.849. The van der Waals surface area contributed by atoms with Crippen molar-refractivity contribution < 1.29 is 13.2 Å². The summed E-state index contributed by atoms with van der Waals surface area (Å²) in [4.78, 5) is 9.42. The van der Waals surface area contributed by atoms with Crippen molar-refractivity contribution in [3.05, 3.63) is 59.6 Å². The zero-order valence-corrected chi connectivity index (χ0v) is 13.1. The van der Waals surface area contributed by atoms with Gasteiger partial charge in [-0.05, 0) is 29.9 Å². The first-order chi connectivity index (χ1) is 11.4. The van der Waals surface area contributed by atoms with Crippen LogP contribution >= 0.6 is 0 Å². The van der Waals surface area contributed by atoms with Gasteiger partial charge in [0.25, 0.3) is 0 Å². The highest BCUT2D eigenvalue weighted by Gasteiger charge is 2.35. The molecule has 1 saturated heterocycles. The molecule has 0 amide bonds. The molecule has 1 aliphatic heterocycles. The van der Waals surface area contributed by atoms with Gasteiger partial charge in [0.05, 0.1) is 0 Å². The van der Waals surface area contributed by atoms with Crippen LogP contribution in [0.5, 0.6) is 0 Å². The first-order valence-electron chi connectivity index (χ1n) is 7.80. The number of alkyl halides is 3. The van der Waals surface area contributed by atoms with E-state index in [1.165, 1.54) is 0 Å². The van der Waals surface area contributed by atoms with Crippen LogP contribution in [0.2, 0.25) is 0 Å². The Morgan fingerprint density at radius 3 is 2.33 bits per heavy atom. The Labute approximate surface area is 138 Å². The Hall–Kier alpha value is -2.15. The van der Waals surface area contributed by atoms with Crippen LogP contribution in [0.4, 0.5) is 19.1 Å². The molecule has 2 heterocycles. The van der Waals surface area contributed by atoms with Gasteiger partial charge in [-0.3, -0.25) is 0 Å². The van der Waals surface area contributed by atoms with Gasteiger partial charge >= 0.3 is 6.18 Å². The lowest BCUT2D eigenvalue weighted by Gasteiger charge is -2.44. The molecule has 1 fully saturated rings. The van der Waals surface area contributed by atoms with Gasteiger partial charge in [0.2, 0.25) is 5.95 Å². The highest BCUT2D eigenvalue weighted by molar-refractivity contribution is 5.36. The van der Waals surface area contributed by atoms with Crippen molar-refractivity contribution in [2.75, 3.05) is 24.5 Å². The van der Waals surface area contributed by atoms with Gasteiger partial charge in [-0.2, -0.15) is 13.2 Å². The minimum atomic E-state index is -4.47. The van der Waals surface area contributed by atoms with Gasteiger partial charge in [-0.15, -0.1) is 6.54 Å². The van der Waals surface area contributed by atoms with Crippen molar-refractivity contribution in [1.29, 1.82) is 0 Å². The van der Waals surface area contributed by atoms with E-state index < -0.39 is 11.9 Å². The molecule has 2 aromatic rings. The maximum absolute atomic E-state index is 12.8. The summed E-state index contributed by atoms with van der Waals surface area (Å²) < 4.78 is 38.4. The minimum absolute atomic E-state index is 0.108. The van der Waals surface area contributed by atoms with E-state index in [0.717, 1.165) is 17.8 Å². The molecule has 24 heavy (non-hydrogen) atoms. The molecule has 1 N–H and O–H groups in total. The van der Waals surface area contributed by atoms with E-state index in [-0.39, 0.29) is 17.9 Å². The fourth-order valence-corrected chi connectivity index (χ4v) is 3.15. The summed E-state index contributed by atoms with van der Waals surface area (Å²) in [7, 11) is 0. The van der Waals surface area contributed by atoms with E-state index in [4.69, 9.17) is 5.73 Å². The average molecular weight is 335 g/mol. The first kappa shape index (κ1) is 16.7. The number of benzene rings is 1. The number of nitrogens with one attached hydrogen (secondary N) is 1. The molecule has 0 unspecified atom stereocenters. The van der Waals surface area contributed by atoms with Crippen LogP contribution in [0.1, 0.15) is 24.1 Å². The molecule has 0 saturated carbocycles. The lowest BCUT2D eigenvalue weighted by molar-refractivity contribution is -0.141. The molecular formula is C17H18F3N4-. The molecule has 1 aromatic heterocycles.